The molecule has 2 rings (SSSR count). The first-order valence-electron chi connectivity index (χ1n) is 6.66. The van der Waals surface area contributed by atoms with Gasteiger partial charge in [-0.05, 0) is 48.0 Å². The summed E-state index contributed by atoms with van der Waals surface area (Å²) in [7, 11) is 0. The minimum Gasteiger partial charge on any atom is -0.383 e. The van der Waals surface area contributed by atoms with Gasteiger partial charge in [0.2, 0.25) is 0 Å². The van der Waals surface area contributed by atoms with Crippen molar-refractivity contribution in [2.75, 3.05) is 5.73 Å². The maximum atomic E-state index is 13.4. The average molecular weight is 340 g/mol. The van der Waals surface area contributed by atoms with Crippen LogP contribution in [0, 0.1) is 5.82 Å². The van der Waals surface area contributed by atoms with E-state index in [0.717, 1.165) is 11.4 Å². The largest absolute Gasteiger partial charge is 0.383 e. The van der Waals surface area contributed by atoms with Crippen LogP contribution in [0.4, 0.5) is 10.2 Å². The number of imidazole rings is 1. The normalized spacial score (nSPS) is 11.6. The van der Waals surface area contributed by atoms with Crippen LogP contribution in [0.1, 0.15) is 45.5 Å². The van der Waals surface area contributed by atoms with Crippen molar-refractivity contribution in [3.05, 3.63) is 34.3 Å². The highest BCUT2D eigenvalue weighted by atomic mass is 79.9. The molecule has 2 N–H and O–H groups in total. The number of nitrogens with two attached hydrogens (primary N) is 1. The highest BCUT2D eigenvalue weighted by Crippen LogP contribution is 2.33. The molecule has 0 saturated heterocycles. The van der Waals surface area contributed by atoms with E-state index in [9.17, 15) is 4.39 Å². The Labute approximate surface area is 127 Å². The third-order valence-electron chi connectivity index (χ3n) is 3.20. The number of aromatic nitrogens is 2. The van der Waals surface area contributed by atoms with E-state index in [4.69, 9.17) is 5.73 Å². The van der Waals surface area contributed by atoms with E-state index >= 15 is 0 Å². The molecule has 0 atom stereocenters. The van der Waals surface area contributed by atoms with E-state index < -0.39 is 0 Å². The summed E-state index contributed by atoms with van der Waals surface area (Å²) in [5.41, 5.74) is 7.78. The Kier molecular flexibility index (Phi) is 4.18. The van der Waals surface area contributed by atoms with Gasteiger partial charge < -0.3 is 10.3 Å². The topological polar surface area (TPSA) is 43.8 Å². The fraction of sp³-hybridized carbons (Fsp3) is 0.400. The molecular formula is C15H19BrFN3. The second kappa shape index (κ2) is 5.56. The molecule has 1 aromatic carbocycles. The summed E-state index contributed by atoms with van der Waals surface area (Å²) in [6, 6.07) is 5.07. The van der Waals surface area contributed by atoms with Crippen LogP contribution < -0.4 is 5.73 Å². The average Bonchev–Trinajstić information content (AvgIpc) is 2.71. The second-order valence-electron chi connectivity index (χ2n) is 5.45. The minimum absolute atomic E-state index is 0.234. The first-order valence-corrected chi connectivity index (χ1v) is 7.45. The van der Waals surface area contributed by atoms with Gasteiger partial charge >= 0.3 is 0 Å². The Balaban J connectivity index is 2.63. The lowest BCUT2D eigenvalue weighted by Gasteiger charge is -2.15. The second-order valence-corrected chi connectivity index (χ2v) is 6.31. The van der Waals surface area contributed by atoms with Crippen molar-refractivity contribution in [3.63, 3.8) is 0 Å². The molecule has 3 nitrogen and oxygen atoms in total. The van der Waals surface area contributed by atoms with Crippen molar-refractivity contribution in [3.8, 4) is 11.3 Å². The standard InChI is InChI=1S/C15H19BrFN3/c1-8(2)15-19-13(14(18)20(15)9(3)4)10-5-6-12(17)11(16)7-10/h5-9H,18H2,1-4H3. The number of nitrogens with zero attached hydrogens (tertiary/aromatic N) is 2. The molecule has 0 bridgehead atoms. The molecule has 0 saturated carbocycles. The number of hydrogen-bond donors (Lipinski definition) is 1. The van der Waals surface area contributed by atoms with E-state index in [1.165, 1.54) is 6.07 Å². The van der Waals surface area contributed by atoms with E-state index in [1.54, 1.807) is 12.1 Å². The van der Waals surface area contributed by atoms with Crippen molar-refractivity contribution in [1.82, 2.24) is 9.55 Å². The molecule has 2 aromatic rings. The summed E-state index contributed by atoms with van der Waals surface area (Å²) in [6.07, 6.45) is 0. The molecule has 0 spiro atoms. The zero-order chi connectivity index (χ0) is 15.0. The van der Waals surface area contributed by atoms with Gasteiger partial charge in [0.25, 0.3) is 0 Å². The summed E-state index contributed by atoms with van der Waals surface area (Å²) in [5.74, 6) is 1.56. The first kappa shape index (κ1) is 15.0. The van der Waals surface area contributed by atoms with Crippen LogP contribution >= 0.6 is 15.9 Å². The lowest BCUT2D eigenvalue weighted by Crippen LogP contribution is -2.10. The number of rotatable bonds is 3. The van der Waals surface area contributed by atoms with Crippen molar-refractivity contribution < 1.29 is 4.39 Å². The smallest absolute Gasteiger partial charge is 0.137 e. The Hall–Kier alpha value is -1.36. The molecule has 0 unspecified atom stereocenters. The number of hydrogen-bond acceptors (Lipinski definition) is 2. The molecule has 108 valence electrons. The predicted octanol–water partition coefficient (Wildman–Crippen LogP) is 4.74. The van der Waals surface area contributed by atoms with Gasteiger partial charge in [-0.2, -0.15) is 0 Å². The van der Waals surface area contributed by atoms with Crippen LogP contribution in [-0.2, 0) is 0 Å². The SMILES string of the molecule is CC(C)c1nc(-c2ccc(F)c(Br)c2)c(N)n1C(C)C. The third-order valence-corrected chi connectivity index (χ3v) is 3.81. The van der Waals surface area contributed by atoms with Crippen LogP contribution in [0.5, 0.6) is 0 Å². The van der Waals surface area contributed by atoms with Crippen LogP contribution in [0.3, 0.4) is 0 Å². The van der Waals surface area contributed by atoms with E-state index in [0.29, 0.717) is 16.0 Å². The monoisotopic (exact) mass is 339 g/mol. The highest BCUT2D eigenvalue weighted by molar-refractivity contribution is 9.10. The quantitative estimate of drug-likeness (QED) is 0.877. The lowest BCUT2D eigenvalue weighted by atomic mass is 10.1. The number of anilines is 1. The Morgan fingerprint density at radius 3 is 2.35 bits per heavy atom. The molecular weight excluding hydrogens is 321 g/mol. The summed E-state index contributed by atoms with van der Waals surface area (Å²) in [6.45, 7) is 8.33. The molecule has 0 aliphatic carbocycles. The Morgan fingerprint density at radius 1 is 1.25 bits per heavy atom. The fourth-order valence-electron chi connectivity index (χ4n) is 2.27. The van der Waals surface area contributed by atoms with Gasteiger partial charge in [-0.15, -0.1) is 0 Å². The summed E-state index contributed by atoms with van der Waals surface area (Å²) in [4.78, 5) is 4.67. The molecule has 0 aliphatic heterocycles. The van der Waals surface area contributed by atoms with Crippen LogP contribution in [-0.4, -0.2) is 9.55 Å². The maximum absolute atomic E-state index is 13.4. The van der Waals surface area contributed by atoms with E-state index in [1.807, 2.05) is 4.57 Å². The Bertz CT molecular complexity index is 632. The number of halogens is 2. The molecule has 0 amide bonds. The molecule has 1 aromatic heterocycles. The molecule has 0 fully saturated rings. The van der Waals surface area contributed by atoms with Gasteiger partial charge in [-0.1, -0.05) is 13.8 Å². The zero-order valence-electron chi connectivity index (χ0n) is 12.1. The van der Waals surface area contributed by atoms with Crippen molar-refractivity contribution in [1.29, 1.82) is 0 Å². The zero-order valence-corrected chi connectivity index (χ0v) is 13.7. The summed E-state index contributed by atoms with van der Waals surface area (Å²) in [5, 5.41) is 0. The van der Waals surface area contributed by atoms with E-state index in [-0.39, 0.29) is 17.8 Å². The van der Waals surface area contributed by atoms with Gasteiger partial charge in [0.1, 0.15) is 23.2 Å². The minimum atomic E-state index is -0.292. The highest BCUT2D eigenvalue weighted by Gasteiger charge is 2.20. The maximum Gasteiger partial charge on any atom is 0.137 e. The van der Waals surface area contributed by atoms with Crippen molar-refractivity contribution in [2.24, 2.45) is 0 Å². The van der Waals surface area contributed by atoms with Crippen molar-refractivity contribution in [2.45, 2.75) is 39.7 Å². The molecule has 20 heavy (non-hydrogen) atoms. The van der Waals surface area contributed by atoms with E-state index in [2.05, 4.69) is 48.6 Å². The van der Waals surface area contributed by atoms with Crippen LogP contribution in [0.2, 0.25) is 0 Å². The van der Waals surface area contributed by atoms with Crippen molar-refractivity contribution >= 4 is 21.7 Å². The van der Waals surface area contributed by atoms with Gasteiger partial charge in [0.05, 0.1) is 4.47 Å². The molecule has 5 heteroatoms. The van der Waals surface area contributed by atoms with Gasteiger partial charge in [0, 0.05) is 17.5 Å². The predicted molar refractivity (Wildman–Crippen MR) is 84.2 cm³/mol. The number of nitrogen functional groups attached to an aromatic ring is 1. The van der Waals surface area contributed by atoms with Gasteiger partial charge in [-0.25, -0.2) is 9.37 Å². The molecule has 1 heterocycles. The first-order chi connectivity index (χ1) is 9.32. The van der Waals surface area contributed by atoms with Crippen LogP contribution in [0.15, 0.2) is 22.7 Å². The van der Waals surface area contributed by atoms with Gasteiger partial charge in [-0.3, -0.25) is 0 Å². The molecule has 0 radical (unpaired) electrons. The summed E-state index contributed by atoms with van der Waals surface area (Å²) >= 11 is 3.20. The third kappa shape index (κ3) is 2.59. The lowest BCUT2D eigenvalue weighted by molar-refractivity contribution is 0.556. The summed E-state index contributed by atoms with van der Waals surface area (Å²) < 4.78 is 15.8. The van der Waals surface area contributed by atoms with Gasteiger partial charge in [0.15, 0.2) is 0 Å². The fourth-order valence-corrected chi connectivity index (χ4v) is 2.65. The Morgan fingerprint density at radius 2 is 1.90 bits per heavy atom. The van der Waals surface area contributed by atoms with Crippen LogP contribution in [0.25, 0.3) is 11.3 Å². The molecule has 0 aliphatic rings. The number of benzene rings is 1.